The fourth-order valence-electron chi connectivity index (χ4n) is 1.14. The van der Waals surface area contributed by atoms with Gasteiger partial charge in [0.2, 0.25) is 0 Å². The van der Waals surface area contributed by atoms with E-state index in [2.05, 4.69) is 9.36 Å². The molecule has 1 heterocycles. The normalized spacial score (nSPS) is 10.2. The van der Waals surface area contributed by atoms with Crippen molar-refractivity contribution in [2.75, 3.05) is 0 Å². The molecule has 0 saturated heterocycles. The number of aromatic nitrogens is 2. The number of nitrogens with zero attached hydrogens (tertiary/aromatic N) is 3. The van der Waals surface area contributed by atoms with E-state index in [1.807, 2.05) is 22.6 Å². The Hall–Kier alpha value is -1.09. The molecule has 2 rings (SSSR count). The van der Waals surface area contributed by atoms with Crippen LogP contribution in [0.5, 0.6) is 0 Å². The zero-order chi connectivity index (χ0) is 10.8. The van der Waals surface area contributed by atoms with Gasteiger partial charge in [-0.2, -0.15) is 4.37 Å². The molecule has 0 unspecified atom stereocenters. The first-order chi connectivity index (χ1) is 7.18. The average molecular weight is 333 g/mol. The SMILES string of the molecule is O=[N+]([O-])c1ccccc1-c1nsc(I)n1. The molecule has 15 heavy (non-hydrogen) atoms. The maximum atomic E-state index is 10.8. The Morgan fingerprint density at radius 1 is 1.40 bits per heavy atom. The van der Waals surface area contributed by atoms with Gasteiger partial charge in [-0.05, 0) is 40.2 Å². The van der Waals surface area contributed by atoms with Gasteiger partial charge in [0.25, 0.3) is 5.69 Å². The zero-order valence-corrected chi connectivity index (χ0v) is 10.2. The molecule has 0 bridgehead atoms. The number of rotatable bonds is 2. The van der Waals surface area contributed by atoms with Crippen LogP contribution in [0.4, 0.5) is 5.69 Å². The Morgan fingerprint density at radius 2 is 2.13 bits per heavy atom. The third-order valence-electron chi connectivity index (χ3n) is 1.74. The zero-order valence-electron chi connectivity index (χ0n) is 7.25. The molecule has 5 nitrogen and oxygen atoms in total. The Labute approximate surface area is 103 Å². The molecule has 0 fully saturated rings. The number of hydrogen-bond donors (Lipinski definition) is 0. The van der Waals surface area contributed by atoms with Crippen LogP contribution in [0.1, 0.15) is 0 Å². The third-order valence-corrected chi connectivity index (χ3v) is 3.08. The molecule has 7 heteroatoms. The van der Waals surface area contributed by atoms with Crippen LogP contribution in [0.2, 0.25) is 0 Å². The van der Waals surface area contributed by atoms with Crippen molar-refractivity contribution in [2.45, 2.75) is 0 Å². The number of benzene rings is 1. The van der Waals surface area contributed by atoms with Crippen molar-refractivity contribution >= 4 is 39.8 Å². The molecule has 0 N–H and O–H groups in total. The Morgan fingerprint density at radius 3 is 2.73 bits per heavy atom. The number of hydrogen-bond acceptors (Lipinski definition) is 5. The van der Waals surface area contributed by atoms with E-state index in [1.54, 1.807) is 18.2 Å². The van der Waals surface area contributed by atoms with E-state index >= 15 is 0 Å². The molecule has 0 spiro atoms. The van der Waals surface area contributed by atoms with Crippen LogP contribution >= 0.6 is 34.1 Å². The van der Waals surface area contributed by atoms with Gasteiger partial charge in [-0.3, -0.25) is 10.1 Å². The second kappa shape index (κ2) is 4.19. The van der Waals surface area contributed by atoms with Gasteiger partial charge in [0, 0.05) is 6.07 Å². The lowest BCUT2D eigenvalue weighted by molar-refractivity contribution is -0.384. The van der Waals surface area contributed by atoms with Gasteiger partial charge >= 0.3 is 0 Å². The van der Waals surface area contributed by atoms with Crippen LogP contribution in [0.25, 0.3) is 11.4 Å². The largest absolute Gasteiger partial charge is 0.280 e. The predicted octanol–water partition coefficient (Wildman–Crippen LogP) is 2.72. The smallest absolute Gasteiger partial charge is 0.258 e. The predicted molar refractivity (Wildman–Crippen MR) is 64.7 cm³/mol. The summed E-state index contributed by atoms with van der Waals surface area (Å²) in [6.45, 7) is 0. The Bertz CT molecular complexity index is 514. The summed E-state index contributed by atoms with van der Waals surface area (Å²) < 4.78 is 4.81. The maximum Gasteiger partial charge on any atom is 0.280 e. The lowest BCUT2D eigenvalue weighted by atomic mass is 10.2. The van der Waals surface area contributed by atoms with Gasteiger partial charge in [0.05, 0.1) is 10.5 Å². The molecule has 0 aliphatic heterocycles. The molecule has 0 aliphatic carbocycles. The minimum absolute atomic E-state index is 0.0340. The second-order valence-corrected chi connectivity index (χ2v) is 5.15. The van der Waals surface area contributed by atoms with Crippen molar-refractivity contribution in [3.05, 3.63) is 37.4 Å². The second-order valence-electron chi connectivity index (χ2n) is 2.65. The minimum atomic E-state index is -0.427. The summed E-state index contributed by atoms with van der Waals surface area (Å²) in [5, 5.41) is 10.8. The highest BCUT2D eigenvalue weighted by molar-refractivity contribution is 14.1. The van der Waals surface area contributed by atoms with E-state index in [4.69, 9.17) is 0 Å². The van der Waals surface area contributed by atoms with Crippen molar-refractivity contribution in [1.29, 1.82) is 0 Å². The molecule has 0 radical (unpaired) electrons. The van der Waals surface area contributed by atoms with Crippen LogP contribution in [0.3, 0.4) is 0 Å². The number of nitro groups is 1. The summed E-state index contributed by atoms with van der Waals surface area (Å²) in [5.41, 5.74) is 0.494. The van der Waals surface area contributed by atoms with E-state index in [0.29, 0.717) is 11.4 Å². The van der Waals surface area contributed by atoms with Crippen molar-refractivity contribution in [2.24, 2.45) is 0 Å². The monoisotopic (exact) mass is 333 g/mol. The van der Waals surface area contributed by atoms with E-state index in [0.717, 1.165) is 3.01 Å². The quantitative estimate of drug-likeness (QED) is 0.481. The van der Waals surface area contributed by atoms with Gasteiger partial charge in [0.15, 0.2) is 8.84 Å². The van der Waals surface area contributed by atoms with E-state index in [-0.39, 0.29) is 5.69 Å². The standard InChI is InChI=1S/C8H4IN3O2S/c9-8-10-7(11-15-8)5-3-1-2-4-6(5)12(13)14/h1-4H. The summed E-state index contributed by atoms with van der Waals surface area (Å²) in [5.74, 6) is 0.414. The molecule has 0 amide bonds. The summed E-state index contributed by atoms with van der Waals surface area (Å²) >= 11 is 3.25. The summed E-state index contributed by atoms with van der Waals surface area (Å²) in [6.07, 6.45) is 0. The van der Waals surface area contributed by atoms with Crippen molar-refractivity contribution < 1.29 is 4.92 Å². The fraction of sp³-hybridized carbons (Fsp3) is 0. The van der Waals surface area contributed by atoms with Crippen LogP contribution in [0.15, 0.2) is 24.3 Å². The van der Waals surface area contributed by atoms with Gasteiger partial charge in [-0.25, -0.2) is 4.98 Å². The highest BCUT2D eigenvalue weighted by Gasteiger charge is 2.17. The first kappa shape index (κ1) is 10.4. The first-order valence-electron chi connectivity index (χ1n) is 3.91. The highest BCUT2D eigenvalue weighted by Crippen LogP contribution is 2.28. The molecule has 0 saturated carbocycles. The minimum Gasteiger partial charge on any atom is -0.258 e. The fourth-order valence-corrected chi connectivity index (χ4v) is 2.09. The Kier molecular flexibility index (Phi) is 2.91. The van der Waals surface area contributed by atoms with Crippen molar-refractivity contribution in [3.8, 4) is 11.4 Å². The van der Waals surface area contributed by atoms with Crippen LogP contribution < -0.4 is 0 Å². The summed E-state index contributed by atoms with van der Waals surface area (Å²) in [4.78, 5) is 14.4. The Balaban J connectivity index is 2.57. The molecular formula is C8H4IN3O2S. The average Bonchev–Trinajstić information content (AvgIpc) is 2.65. The number of nitro benzene ring substituents is 1. The summed E-state index contributed by atoms with van der Waals surface area (Å²) in [7, 11) is 0. The molecule has 0 atom stereocenters. The van der Waals surface area contributed by atoms with Crippen LogP contribution in [-0.2, 0) is 0 Å². The molecule has 1 aromatic carbocycles. The number of para-hydroxylation sites is 1. The highest BCUT2D eigenvalue weighted by atomic mass is 127. The lowest BCUT2D eigenvalue weighted by Crippen LogP contribution is -1.92. The topological polar surface area (TPSA) is 68.9 Å². The van der Waals surface area contributed by atoms with Gasteiger partial charge < -0.3 is 0 Å². The third kappa shape index (κ3) is 2.12. The van der Waals surface area contributed by atoms with Crippen LogP contribution in [-0.4, -0.2) is 14.3 Å². The van der Waals surface area contributed by atoms with Gasteiger partial charge in [-0.15, -0.1) is 0 Å². The first-order valence-corrected chi connectivity index (χ1v) is 5.76. The maximum absolute atomic E-state index is 10.8. The number of halogens is 1. The molecule has 1 aromatic heterocycles. The van der Waals surface area contributed by atoms with Crippen molar-refractivity contribution in [3.63, 3.8) is 0 Å². The van der Waals surface area contributed by atoms with Gasteiger partial charge in [-0.1, -0.05) is 12.1 Å². The molecule has 2 aromatic rings. The van der Waals surface area contributed by atoms with Crippen molar-refractivity contribution in [1.82, 2.24) is 9.36 Å². The van der Waals surface area contributed by atoms with Gasteiger partial charge in [0.1, 0.15) is 0 Å². The molecule has 76 valence electrons. The van der Waals surface area contributed by atoms with E-state index in [9.17, 15) is 10.1 Å². The van der Waals surface area contributed by atoms with E-state index in [1.165, 1.54) is 17.6 Å². The van der Waals surface area contributed by atoms with Crippen LogP contribution in [0, 0.1) is 13.1 Å². The van der Waals surface area contributed by atoms with E-state index < -0.39 is 4.92 Å². The summed E-state index contributed by atoms with van der Waals surface area (Å²) in [6, 6.07) is 6.45. The lowest BCUT2D eigenvalue weighted by Gasteiger charge is -1.96. The molecular weight excluding hydrogens is 329 g/mol. The molecule has 0 aliphatic rings.